The van der Waals surface area contributed by atoms with Crippen molar-refractivity contribution in [3.05, 3.63) is 108 Å². The van der Waals surface area contributed by atoms with E-state index in [-0.39, 0.29) is 5.04 Å². The summed E-state index contributed by atoms with van der Waals surface area (Å²) in [5, 5.41) is 6.30. The highest BCUT2D eigenvalue weighted by Gasteiger charge is 2.52. The highest BCUT2D eigenvalue weighted by atomic mass is 28.4. The molecule has 0 aliphatic heterocycles. The largest absolute Gasteiger partial charge is 0.534 e. The zero-order valence-corrected chi connectivity index (χ0v) is 23.1. The van der Waals surface area contributed by atoms with Gasteiger partial charge in [-0.25, -0.2) is 0 Å². The van der Waals surface area contributed by atoms with Crippen LogP contribution in [0.15, 0.2) is 97.3 Å². The quantitative estimate of drug-likeness (QED) is 0.200. The molecule has 1 N–H and O–H groups in total. The van der Waals surface area contributed by atoms with Crippen LogP contribution in [-0.4, -0.2) is 24.6 Å². The van der Waals surface area contributed by atoms with E-state index in [1.54, 1.807) is 6.20 Å². The smallest absolute Gasteiger partial charge is 0.319 e. The maximum absolute atomic E-state index is 12.2. The standard InChI is InChI=1S/C33H30N2O2Si/c1-22-28-20-34-18-17-26(28)29(21-36)32-31(22)27-19-23(15-16-30(27)35-32)37-38(33(2,3)4,24-11-7-5-8-12-24)25-13-9-6-10-14-25/h5-21,35H,1-4H3. The van der Waals surface area contributed by atoms with Crippen molar-refractivity contribution in [1.29, 1.82) is 0 Å². The first kappa shape index (κ1) is 24.1. The lowest BCUT2D eigenvalue weighted by molar-refractivity contribution is 0.112. The third-order valence-corrected chi connectivity index (χ3v) is 12.7. The Labute approximate surface area is 223 Å². The zero-order valence-electron chi connectivity index (χ0n) is 22.1. The van der Waals surface area contributed by atoms with E-state index in [4.69, 9.17) is 4.43 Å². The minimum absolute atomic E-state index is 0.145. The molecule has 2 heterocycles. The number of aromatic nitrogens is 2. The van der Waals surface area contributed by atoms with Gasteiger partial charge in [0.25, 0.3) is 0 Å². The first-order valence-electron chi connectivity index (χ1n) is 12.9. The van der Waals surface area contributed by atoms with E-state index in [0.717, 1.165) is 50.2 Å². The van der Waals surface area contributed by atoms with Crippen LogP contribution in [0.25, 0.3) is 32.6 Å². The molecular weight excluding hydrogens is 484 g/mol. The van der Waals surface area contributed by atoms with E-state index >= 15 is 0 Å². The molecule has 0 spiro atoms. The van der Waals surface area contributed by atoms with E-state index in [0.29, 0.717) is 5.56 Å². The Balaban J connectivity index is 1.62. The van der Waals surface area contributed by atoms with Crippen LogP contribution in [0.5, 0.6) is 5.75 Å². The fourth-order valence-electron chi connectivity index (χ4n) is 5.97. The van der Waals surface area contributed by atoms with Crippen LogP contribution in [-0.2, 0) is 0 Å². The summed E-state index contributed by atoms with van der Waals surface area (Å²) in [5.41, 5.74) is 3.59. The molecule has 6 aromatic rings. The van der Waals surface area contributed by atoms with E-state index in [9.17, 15) is 4.79 Å². The molecule has 188 valence electrons. The SMILES string of the molecule is Cc1c2cnccc2c(C=O)c2[nH]c3ccc(O[Si](c4ccccc4)(c4ccccc4)C(C)(C)C)cc3c12. The summed E-state index contributed by atoms with van der Waals surface area (Å²) in [5.74, 6) is 0.825. The van der Waals surface area contributed by atoms with E-state index in [1.807, 2.05) is 18.3 Å². The molecule has 0 atom stereocenters. The molecule has 0 amide bonds. The van der Waals surface area contributed by atoms with Crippen LogP contribution in [0, 0.1) is 6.92 Å². The molecule has 4 nitrogen and oxygen atoms in total. The molecule has 0 saturated carbocycles. The van der Waals surface area contributed by atoms with Crippen LogP contribution in [0.1, 0.15) is 36.7 Å². The van der Waals surface area contributed by atoms with Crippen molar-refractivity contribution in [2.45, 2.75) is 32.7 Å². The van der Waals surface area contributed by atoms with Crippen LogP contribution in [0.3, 0.4) is 0 Å². The number of benzene rings is 4. The third kappa shape index (κ3) is 3.57. The van der Waals surface area contributed by atoms with Crippen molar-refractivity contribution in [1.82, 2.24) is 9.97 Å². The predicted molar refractivity (Wildman–Crippen MR) is 159 cm³/mol. The van der Waals surface area contributed by atoms with Crippen molar-refractivity contribution in [2.75, 3.05) is 0 Å². The second-order valence-corrected chi connectivity index (χ2v) is 15.1. The Bertz CT molecular complexity index is 1760. The Morgan fingerprint density at radius 2 is 1.50 bits per heavy atom. The molecule has 0 bridgehead atoms. The van der Waals surface area contributed by atoms with Crippen molar-refractivity contribution in [3.8, 4) is 5.75 Å². The average molecular weight is 515 g/mol. The van der Waals surface area contributed by atoms with Crippen molar-refractivity contribution in [2.24, 2.45) is 0 Å². The molecule has 0 aliphatic rings. The third-order valence-electron chi connectivity index (χ3n) is 7.74. The lowest BCUT2D eigenvalue weighted by Gasteiger charge is -2.43. The number of carbonyl (C=O) groups is 1. The molecule has 5 heteroatoms. The second kappa shape index (κ2) is 8.96. The predicted octanol–water partition coefficient (Wildman–Crippen LogP) is 6.93. The second-order valence-electron chi connectivity index (χ2n) is 10.9. The fraction of sp³-hybridized carbons (Fsp3) is 0.152. The molecule has 2 aromatic heterocycles. The zero-order chi connectivity index (χ0) is 26.5. The Hall–Kier alpha value is -4.22. The Kier molecular flexibility index (Phi) is 5.69. The van der Waals surface area contributed by atoms with E-state index in [1.165, 1.54) is 10.4 Å². The average Bonchev–Trinajstić information content (AvgIpc) is 3.31. The van der Waals surface area contributed by atoms with Gasteiger partial charge in [-0.3, -0.25) is 9.78 Å². The summed E-state index contributed by atoms with van der Waals surface area (Å²) in [6.45, 7) is 8.94. The van der Waals surface area contributed by atoms with Gasteiger partial charge in [-0.05, 0) is 57.6 Å². The number of fused-ring (bicyclic) bond motifs is 4. The van der Waals surface area contributed by atoms with Gasteiger partial charge in [0, 0.05) is 39.6 Å². The molecule has 6 rings (SSSR count). The number of rotatable bonds is 5. The summed E-state index contributed by atoms with van der Waals surface area (Å²) in [6, 6.07) is 29.5. The van der Waals surface area contributed by atoms with Crippen LogP contribution in [0.2, 0.25) is 5.04 Å². The lowest BCUT2D eigenvalue weighted by atomic mass is 9.97. The summed E-state index contributed by atoms with van der Waals surface area (Å²) < 4.78 is 7.29. The summed E-state index contributed by atoms with van der Waals surface area (Å²) >= 11 is 0. The highest BCUT2D eigenvalue weighted by molar-refractivity contribution is 7.00. The van der Waals surface area contributed by atoms with Gasteiger partial charge in [0.1, 0.15) is 5.75 Å². The molecule has 0 radical (unpaired) electrons. The van der Waals surface area contributed by atoms with E-state index in [2.05, 4.69) is 110 Å². The fourth-order valence-corrected chi connectivity index (χ4v) is 10.4. The van der Waals surface area contributed by atoms with E-state index < -0.39 is 8.32 Å². The summed E-state index contributed by atoms with van der Waals surface area (Å²) in [4.78, 5) is 20.1. The number of aldehydes is 1. The number of aryl methyl sites for hydroxylation is 1. The molecule has 0 unspecified atom stereocenters. The highest BCUT2D eigenvalue weighted by Crippen LogP contribution is 2.40. The number of hydrogen-bond acceptors (Lipinski definition) is 3. The Morgan fingerprint density at radius 1 is 0.842 bits per heavy atom. The van der Waals surface area contributed by atoms with Gasteiger partial charge in [-0.1, -0.05) is 81.4 Å². The number of pyridine rings is 1. The maximum Gasteiger partial charge on any atom is 0.319 e. The van der Waals surface area contributed by atoms with Crippen LogP contribution >= 0.6 is 0 Å². The van der Waals surface area contributed by atoms with Gasteiger partial charge in [-0.2, -0.15) is 0 Å². The van der Waals surface area contributed by atoms with Gasteiger partial charge >= 0.3 is 8.32 Å². The van der Waals surface area contributed by atoms with Crippen LogP contribution < -0.4 is 14.8 Å². The molecule has 4 aromatic carbocycles. The normalized spacial score (nSPS) is 12.3. The molecule has 0 saturated heterocycles. The van der Waals surface area contributed by atoms with Crippen molar-refractivity contribution < 1.29 is 9.22 Å². The maximum atomic E-state index is 12.2. The number of nitrogens with one attached hydrogen (secondary N) is 1. The monoisotopic (exact) mass is 514 g/mol. The minimum atomic E-state index is -2.78. The molecule has 0 aliphatic carbocycles. The molecule has 38 heavy (non-hydrogen) atoms. The van der Waals surface area contributed by atoms with Crippen molar-refractivity contribution in [3.63, 3.8) is 0 Å². The van der Waals surface area contributed by atoms with Crippen molar-refractivity contribution >= 4 is 57.6 Å². The van der Waals surface area contributed by atoms with Gasteiger partial charge in [0.05, 0.1) is 5.52 Å². The lowest BCUT2D eigenvalue weighted by Crippen LogP contribution is -2.68. The van der Waals surface area contributed by atoms with Gasteiger partial charge < -0.3 is 9.41 Å². The van der Waals surface area contributed by atoms with Gasteiger partial charge in [-0.15, -0.1) is 0 Å². The molecule has 0 fully saturated rings. The number of H-pyrrole nitrogens is 1. The topological polar surface area (TPSA) is 55.0 Å². The first-order valence-corrected chi connectivity index (χ1v) is 14.8. The summed E-state index contributed by atoms with van der Waals surface area (Å²) in [7, 11) is -2.78. The van der Waals surface area contributed by atoms with Gasteiger partial charge in [0.15, 0.2) is 6.29 Å². The van der Waals surface area contributed by atoms with Crippen LogP contribution in [0.4, 0.5) is 0 Å². The minimum Gasteiger partial charge on any atom is -0.534 e. The molecular formula is C33H30N2O2Si. The number of nitrogens with zero attached hydrogens (tertiary/aromatic N) is 1. The Morgan fingerprint density at radius 3 is 2.11 bits per heavy atom. The summed E-state index contributed by atoms with van der Waals surface area (Å²) in [6.07, 6.45) is 4.52. The van der Waals surface area contributed by atoms with Gasteiger partial charge in [0.2, 0.25) is 0 Å². The number of carbonyl (C=O) groups excluding carboxylic acids is 1. The number of aromatic amines is 1. The number of hydrogen-bond donors (Lipinski definition) is 1. The first-order chi connectivity index (χ1) is 18.3.